The van der Waals surface area contributed by atoms with E-state index in [2.05, 4.69) is 4.18 Å². The minimum atomic E-state index is -5.89. The summed E-state index contributed by atoms with van der Waals surface area (Å²) in [6.45, 7) is 2.70. The number of ether oxygens (including phenoxy) is 2. The summed E-state index contributed by atoms with van der Waals surface area (Å²) in [4.78, 5) is 23.6. The molecule has 26 heavy (non-hydrogen) atoms. The summed E-state index contributed by atoms with van der Waals surface area (Å²) in [5.41, 5.74) is -6.01. The summed E-state index contributed by atoms with van der Waals surface area (Å²) in [6.07, 6.45) is 1.02. The molecule has 1 aromatic rings. The van der Waals surface area contributed by atoms with Gasteiger partial charge in [-0.05, 0) is 23.8 Å². The van der Waals surface area contributed by atoms with E-state index in [0.717, 1.165) is 24.3 Å². The number of carbonyl (C=O) groups excluding carboxylic acids is 2. The van der Waals surface area contributed by atoms with Crippen molar-refractivity contribution in [3.63, 3.8) is 0 Å². The molecule has 0 N–H and O–H groups in total. The van der Waals surface area contributed by atoms with E-state index in [9.17, 15) is 31.2 Å². The number of alkyl halides is 3. The maximum atomic E-state index is 12.3. The Kier molecular flexibility index (Phi) is 4.99. The smallest absolute Gasteiger partial charge is 0.419 e. The molecule has 1 aromatic carbocycles. The van der Waals surface area contributed by atoms with Gasteiger partial charge >= 0.3 is 27.6 Å². The lowest BCUT2D eigenvalue weighted by Crippen LogP contribution is -2.41. The Bertz CT molecular complexity index is 882. The lowest BCUT2D eigenvalue weighted by Gasteiger charge is -2.29. The maximum Gasteiger partial charge on any atom is 0.534 e. The minimum Gasteiger partial charge on any atom is -0.419 e. The van der Waals surface area contributed by atoms with Gasteiger partial charge in [0.25, 0.3) is 5.79 Å². The molecule has 0 saturated carbocycles. The second-order valence-corrected chi connectivity index (χ2v) is 7.35. The average Bonchev–Trinajstić information content (AvgIpc) is 2.43. The van der Waals surface area contributed by atoms with Gasteiger partial charge in [-0.25, -0.2) is 9.59 Å². The van der Waals surface area contributed by atoms with E-state index < -0.39 is 49.7 Å². The van der Waals surface area contributed by atoms with Gasteiger partial charge in [0, 0.05) is 13.8 Å². The molecule has 7 nitrogen and oxygen atoms in total. The third kappa shape index (κ3) is 4.28. The van der Waals surface area contributed by atoms with Gasteiger partial charge < -0.3 is 13.7 Å². The number of rotatable bonds is 3. The first-order chi connectivity index (χ1) is 11.7. The SMILES string of the molecule is CC1(C)OC(=O)C(=Cc2ccc(OS(=O)(=O)C(F)(F)F)c(Cl)c2)C(=O)O1. The van der Waals surface area contributed by atoms with Crippen LogP contribution < -0.4 is 4.18 Å². The molecule has 2 rings (SSSR count). The van der Waals surface area contributed by atoms with Crippen LogP contribution in [0.5, 0.6) is 5.75 Å². The molecule has 1 saturated heterocycles. The van der Waals surface area contributed by atoms with E-state index in [4.69, 9.17) is 21.1 Å². The van der Waals surface area contributed by atoms with E-state index in [1.165, 1.54) is 13.8 Å². The molecule has 0 atom stereocenters. The second kappa shape index (κ2) is 6.47. The van der Waals surface area contributed by atoms with Gasteiger partial charge in [-0.3, -0.25) is 0 Å². The van der Waals surface area contributed by atoms with Crippen LogP contribution in [-0.4, -0.2) is 31.7 Å². The number of hydrogen-bond acceptors (Lipinski definition) is 7. The Morgan fingerprint density at radius 3 is 2.15 bits per heavy atom. The van der Waals surface area contributed by atoms with Crippen molar-refractivity contribution in [1.29, 1.82) is 0 Å². The van der Waals surface area contributed by atoms with Crippen LogP contribution in [0.1, 0.15) is 19.4 Å². The lowest BCUT2D eigenvalue weighted by atomic mass is 10.1. The summed E-state index contributed by atoms with van der Waals surface area (Å²) in [5.74, 6) is -4.15. The van der Waals surface area contributed by atoms with Crippen molar-refractivity contribution < 1.29 is 44.8 Å². The number of esters is 2. The third-order valence-corrected chi connectivity index (χ3v) is 4.13. The molecule has 0 unspecified atom stereocenters. The number of benzene rings is 1. The van der Waals surface area contributed by atoms with Crippen LogP contribution in [0.15, 0.2) is 23.8 Å². The van der Waals surface area contributed by atoms with Crippen LogP contribution in [-0.2, 0) is 29.2 Å². The van der Waals surface area contributed by atoms with Crippen LogP contribution >= 0.6 is 11.6 Å². The summed E-state index contributed by atoms with van der Waals surface area (Å²) in [5, 5.41) is -0.495. The quantitative estimate of drug-likeness (QED) is 0.247. The van der Waals surface area contributed by atoms with Gasteiger partial charge in [-0.15, -0.1) is 0 Å². The first-order valence-electron chi connectivity index (χ1n) is 6.70. The van der Waals surface area contributed by atoms with E-state index in [1.54, 1.807) is 0 Å². The fraction of sp³-hybridized carbons (Fsp3) is 0.286. The fourth-order valence-corrected chi connectivity index (χ4v) is 2.53. The first-order valence-corrected chi connectivity index (χ1v) is 8.49. The fourth-order valence-electron chi connectivity index (χ4n) is 1.79. The zero-order valence-corrected chi connectivity index (χ0v) is 14.7. The predicted octanol–water partition coefficient (Wildman–Crippen LogP) is 2.79. The summed E-state index contributed by atoms with van der Waals surface area (Å²) in [6, 6.07) is 2.91. The Hall–Kier alpha value is -2.27. The second-order valence-electron chi connectivity index (χ2n) is 5.41. The van der Waals surface area contributed by atoms with Crippen molar-refractivity contribution >= 4 is 39.7 Å². The average molecular weight is 415 g/mol. The Morgan fingerprint density at radius 1 is 1.15 bits per heavy atom. The van der Waals surface area contributed by atoms with E-state index in [0.29, 0.717) is 0 Å². The Balaban J connectivity index is 2.31. The molecular weight excluding hydrogens is 405 g/mol. The van der Waals surface area contributed by atoms with E-state index >= 15 is 0 Å². The molecule has 1 heterocycles. The van der Waals surface area contributed by atoms with Gasteiger partial charge in [0.15, 0.2) is 5.75 Å². The number of cyclic esters (lactones) is 2. The number of halogens is 4. The van der Waals surface area contributed by atoms with Crippen LogP contribution in [0.3, 0.4) is 0 Å². The van der Waals surface area contributed by atoms with Gasteiger partial charge in [0.2, 0.25) is 0 Å². The number of hydrogen-bond donors (Lipinski definition) is 0. The van der Waals surface area contributed by atoms with Crippen molar-refractivity contribution in [3.8, 4) is 5.75 Å². The molecule has 142 valence electrons. The third-order valence-electron chi connectivity index (χ3n) is 2.87. The molecule has 0 radical (unpaired) electrons. The zero-order valence-electron chi connectivity index (χ0n) is 13.1. The lowest BCUT2D eigenvalue weighted by molar-refractivity contribution is -0.222. The van der Waals surface area contributed by atoms with E-state index in [-0.39, 0.29) is 5.56 Å². The highest BCUT2D eigenvalue weighted by atomic mass is 35.5. The van der Waals surface area contributed by atoms with Crippen LogP contribution in [0.4, 0.5) is 13.2 Å². The first kappa shape index (κ1) is 20.0. The molecule has 12 heteroatoms. The van der Waals surface area contributed by atoms with Crippen LogP contribution in [0, 0.1) is 0 Å². The number of carbonyl (C=O) groups is 2. The van der Waals surface area contributed by atoms with Gasteiger partial charge in [-0.1, -0.05) is 17.7 Å². The van der Waals surface area contributed by atoms with Crippen LogP contribution in [0.25, 0.3) is 6.08 Å². The molecule has 0 aromatic heterocycles. The minimum absolute atomic E-state index is 0.0929. The molecule has 0 bridgehead atoms. The highest BCUT2D eigenvalue weighted by Crippen LogP contribution is 2.33. The summed E-state index contributed by atoms with van der Waals surface area (Å²) < 4.78 is 72.6. The Labute approximate surface area is 150 Å². The molecule has 0 amide bonds. The molecule has 1 aliphatic rings. The zero-order chi connectivity index (χ0) is 19.9. The molecular formula is C14H10ClF3O7S. The Morgan fingerprint density at radius 2 is 1.69 bits per heavy atom. The van der Waals surface area contributed by atoms with Gasteiger partial charge in [0.1, 0.15) is 5.57 Å². The standard InChI is InChI=1S/C14H10ClF3O7S/c1-13(2)23-11(19)8(12(20)24-13)5-7-3-4-10(9(15)6-7)25-26(21,22)14(16,17)18/h3-6H,1-2H3. The monoisotopic (exact) mass is 414 g/mol. The molecule has 1 aliphatic heterocycles. The van der Waals surface area contributed by atoms with Crippen molar-refractivity contribution in [2.75, 3.05) is 0 Å². The molecule has 0 spiro atoms. The predicted molar refractivity (Wildman–Crippen MR) is 81.3 cm³/mol. The summed E-state index contributed by atoms with van der Waals surface area (Å²) in [7, 11) is -5.89. The highest BCUT2D eigenvalue weighted by molar-refractivity contribution is 7.88. The molecule has 1 fully saturated rings. The van der Waals surface area contributed by atoms with Crippen molar-refractivity contribution in [2.45, 2.75) is 25.1 Å². The highest BCUT2D eigenvalue weighted by Gasteiger charge is 2.48. The van der Waals surface area contributed by atoms with Gasteiger partial charge in [0.05, 0.1) is 5.02 Å². The molecule has 0 aliphatic carbocycles. The van der Waals surface area contributed by atoms with Crippen LogP contribution in [0.2, 0.25) is 5.02 Å². The van der Waals surface area contributed by atoms with E-state index in [1.807, 2.05) is 0 Å². The van der Waals surface area contributed by atoms with Crippen molar-refractivity contribution in [3.05, 3.63) is 34.4 Å². The maximum absolute atomic E-state index is 12.3. The topological polar surface area (TPSA) is 96.0 Å². The normalized spacial score (nSPS) is 17.4. The van der Waals surface area contributed by atoms with Gasteiger partial charge in [-0.2, -0.15) is 21.6 Å². The summed E-state index contributed by atoms with van der Waals surface area (Å²) >= 11 is 5.70. The largest absolute Gasteiger partial charge is 0.534 e. The van der Waals surface area contributed by atoms with Crippen molar-refractivity contribution in [2.24, 2.45) is 0 Å². The van der Waals surface area contributed by atoms with Crippen molar-refractivity contribution in [1.82, 2.24) is 0 Å².